The maximum Gasteiger partial charge on any atom is 0.325 e. The lowest BCUT2D eigenvalue weighted by molar-refractivity contribution is -0.140. The van der Waals surface area contributed by atoms with Crippen molar-refractivity contribution in [1.82, 2.24) is 5.32 Å². The topological polar surface area (TPSA) is 38.3 Å². The number of hydrogen-bond acceptors (Lipinski definition) is 3. The van der Waals surface area contributed by atoms with Gasteiger partial charge in [0, 0.05) is 6.54 Å². The molecule has 1 atom stereocenters. The van der Waals surface area contributed by atoms with Gasteiger partial charge >= 0.3 is 5.97 Å². The molecule has 0 aliphatic carbocycles. The van der Waals surface area contributed by atoms with Crippen LogP contribution in [0.5, 0.6) is 0 Å². The Bertz CT molecular complexity index is 176. The summed E-state index contributed by atoms with van der Waals surface area (Å²) in [7, 11) is 1.35. The average molecular weight is 250 g/mol. The van der Waals surface area contributed by atoms with Crippen molar-refractivity contribution >= 4 is 17.6 Å². The van der Waals surface area contributed by atoms with E-state index < -0.39 is 5.38 Å². The molecule has 0 bridgehead atoms. The Kier molecular flexibility index (Phi) is 11.0. The van der Waals surface area contributed by atoms with E-state index >= 15 is 0 Å². The number of ether oxygens (including phenoxy) is 1. The highest BCUT2D eigenvalue weighted by Gasteiger charge is 2.14. The Morgan fingerprint density at radius 1 is 1.25 bits per heavy atom. The molecule has 0 fully saturated rings. The number of rotatable bonds is 10. The normalized spacial score (nSPS) is 12.4. The van der Waals surface area contributed by atoms with E-state index in [1.807, 2.05) is 0 Å². The first-order chi connectivity index (χ1) is 7.72. The zero-order valence-electron chi connectivity index (χ0n) is 10.4. The summed E-state index contributed by atoms with van der Waals surface area (Å²) in [6.07, 6.45) is 7.64. The van der Waals surface area contributed by atoms with Gasteiger partial charge in [0.25, 0.3) is 0 Å². The minimum atomic E-state index is -0.565. The third kappa shape index (κ3) is 8.98. The van der Waals surface area contributed by atoms with Gasteiger partial charge in [0.1, 0.15) is 5.38 Å². The molecule has 0 heterocycles. The molecule has 16 heavy (non-hydrogen) atoms. The minimum absolute atomic E-state index is 0.364. The Labute approximate surface area is 104 Å². The summed E-state index contributed by atoms with van der Waals surface area (Å²) in [5, 5.41) is 2.59. The summed E-state index contributed by atoms with van der Waals surface area (Å²) in [4.78, 5) is 11.0. The van der Waals surface area contributed by atoms with Crippen molar-refractivity contribution in [3.05, 3.63) is 0 Å². The fraction of sp³-hybridized carbons (Fsp3) is 0.917. The monoisotopic (exact) mass is 249 g/mol. The van der Waals surface area contributed by atoms with Crippen LogP contribution >= 0.6 is 11.6 Å². The predicted molar refractivity (Wildman–Crippen MR) is 67.9 cm³/mol. The van der Waals surface area contributed by atoms with Crippen molar-refractivity contribution in [2.24, 2.45) is 0 Å². The molecule has 0 spiro atoms. The molecule has 0 aliphatic heterocycles. The maximum absolute atomic E-state index is 11.0. The number of carbonyl (C=O) groups excluding carboxylic acids is 1. The quantitative estimate of drug-likeness (QED) is 0.368. The van der Waals surface area contributed by atoms with Gasteiger partial charge in [0.15, 0.2) is 0 Å². The van der Waals surface area contributed by atoms with E-state index in [0.717, 1.165) is 13.0 Å². The van der Waals surface area contributed by atoms with Crippen LogP contribution in [0.15, 0.2) is 0 Å². The van der Waals surface area contributed by atoms with Crippen LogP contribution < -0.4 is 5.32 Å². The minimum Gasteiger partial charge on any atom is -0.468 e. The Hall–Kier alpha value is -0.280. The van der Waals surface area contributed by atoms with Crippen molar-refractivity contribution in [2.45, 2.75) is 50.8 Å². The smallest absolute Gasteiger partial charge is 0.325 e. The molecule has 1 unspecified atom stereocenters. The van der Waals surface area contributed by atoms with E-state index in [0.29, 0.717) is 6.54 Å². The standard InChI is InChI=1S/C12H24ClNO2/c1-3-4-5-6-7-8-9-14-10-11(13)12(15)16-2/h11,14H,3-10H2,1-2H3. The molecule has 0 aromatic rings. The van der Waals surface area contributed by atoms with Crippen LogP contribution in [0.2, 0.25) is 0 Å². The van der Waals surface area contributed by atoms with E-state index in [1.165, 1.54) is 39.2 Å². The molecule has 0 aromatic carbocycles. The van der Waals surface area contributed by atoms with Crippen LogP contribution in [0.4, 0.5) is 0 Å². The highest BCUT2D eigenvalue weighted by atomic mass is 35.5. The molecule has 0 rings (SSSR count). The first-order valence-corrected chi connectivity index (χ1v) is 6.58. The van der Waals surface area contributed by atoms with Gasteiger partial charge in [0.2, 0.25) is 0 Å². The molecule has 4 heteroatoms. The Morgan fingerprint density at radius 2 is 1.88 bits per heavy atom. The van der Waals surface area contributed by atoms with Gasteiger partial charge in [0.05, 0.1) is 7.11 Å². The predicted octanol–water partition coefficient (Wildman–Crippen LogP) is 2.72. The lowest BCUT2D eigenvalue weighted by Gasteiger charge is -2.08. The van der Waals surface area contributed by atoms with Crippen LogP contribution in [0.25, 0.3) is 0 Å². The van der Waals surface area contributed by atoms with Crippen molar-refractivity contribution in [2.75, 3.05) is 20.2 Å². The van der Waals surface area contributed by atoms with Gasteiger partial charge in [-0.25, -0.2) is 0 Å². The largest absolute Gasteiger partial charge is 0.468 e. The lowest BCUT2D eigenvalue weighted by Crippen LogP contribution is -2.30. The second-order valence-corrected chi connectivity index (χ2v) is 4.49. The SMILES string of the molecule is CCCCCCCCNCC(Cl)C(=O)OC. The molecule has 0 aliphatic rings. The maximum atomic E-state index is 11.0. The Balaban J connectivity index is 3.17. The van der Waals surface area contributed by atoms with E-state index in [-0.39, 0.29) is 5.97 Å². The molecule has 1 N–H and O–H groups in total. The van der Waals surface area contributed by atoms with Crippen molar-refractivity contribution < 1.29 is 9.53 Å². The number of carbonyl (C=O) groups is 1. The number of alkyl halides is 1. The van der Waals surface area contributed by atoms with Crippen molar-refractivity contribution in [3.63, 3.8) is 0 Å². The van der Waals surface area contributed by atoms with Gasteiger partial charge in [-0.1, -0.05) is 39.0 Å². The van der Waals surface area contributed by atoms with E-state index in [9.17, 15) is 4.79 Å². The molecule has 3 nitrogen and oxygen atoms in total. The van der Waals surface area contributed by atoms with Crippen LogP contribution in [0.3, 0.4) is 0 Å². The highest BCUT2D eigenvalue weighted by Crippen LogP contribution is 2.04. The molecular weight excluding hydrogens is 226 g/mol. The second-order valence-electron chi connectivity index (χ2n) is 3.96. The highest BCUT2D eigenvalue weighted by molar-refractivity contribution is 6.30. The molecule has 0 aromatic heterocycles. The number of nitrogens with one attached hydrogen (secondary N) is 1. The third-order valence-electron chi connectivity index (χ3n) is 2.49. The van der Waals surface area contributed by atoms with Crippen LogP contribution in [-0.2, 0) is 9.53 Å². The van der Waals surface area contributed by atoms with Crippen LogP contribution in [-0.4, -0.2) is 31.5 Å². The van der Waals surface area contributed by atoms with E-state index in [4.69, 9.17) is 11.6 Å². The number of hydrogen-bond donors (Lipinski definition) is 1. The molecule has 0 amide bonds. The zero-order chi connectivity index (χ0) is 12.2. The van der Waals surface area contributed by atoms with E-state index in [1.54, 1.807) is 0 Å². The summed E-state index contributed by atoms with van der Waals surface area (Å²) in [6.45, 7) is 3.63. The first kappa shape index (κ1) is 15.7. The molecule has 0 saturated heterocycles. The number of esters is 1. The first-order valence-electron chi connectivity index (χ1n) is 6.15. The molecule has 96 valence electrons. The third-order valence-corrected chi connectivity index (χ3v) is 2.82. The van der Waals surface area contributed by atoms with Gasteiger partial charge in [-0.05, 0) is 13.0 Å². The fourth-order valence-electron chi connectivity index (χ4n) is 1.47. The fourth-order valence-corrected chi connectivity index (χ4v) is 1.67. The second kappa shape index (κ2) is 11.2. The summed E-state index contributed by atoms with van der Waals surface area (Å²) in [5.74, 6) is -0.364. The van der Waals surface area contributed by atoms with Crippen LogP contribution in [0, 0.1) is 0 Å². The summed E-state index contributed by atoms with van der Waals surface area (Å²) in [5.41, 5.74) is 0. The van der Waals surface area contributed by atoms with Gasteiger partial charge in [-0.15, -0.1) is 11.6 Å². The van der Waals surface area contributed by atoms with Crippen molar-refractivity contribution in [1.29, 1.82) is 0 Å². The molecular formula is C12H24ClNO2. The van der Waals surface area contributed by atoms with E-state index in [2.05, 4.69) is 17.0 Å². The average Bonchev–Trinajstić information content (AvgIpc) is 2.31. The summed E-state index contributed by atoms with van der Waals surface area (Å²) < 4.78 is 4.52. The molecule has 0 radical (unpaired) electrons. The summed E-state index contributed by atoms with van der Waals surface area (Å²) >= 11 is 5.78. The van der Waals surface area contributed by atoms with Gasteiger partial charge in [-0.2, -0.15) is 0 Å². The van der Waals surface area contributed by atoms with Crippen molar-refractivity contribution in [3.8, 4) is 0 Å². The molecule has 0 saturated carbocycles. The van der Waals surface area contributed by atoms with Gasteiger partial charge < -0.3 is 10.1 Å². The summed E-state index contributed by atoms with van der Waals surface area (Å²) in [6, 6.07) is 0. The van der Waals surface area contributed by atoms with Crippen LogP contribution in [0.1, 0.15) is 45.4 Å². The number of unbranched alkanes of at least 4 members (excludes halogenated alkanes) is 5. The van der Waals surface area contributed by atoms with Gasteiger partial charge in [-0.3, -0.25) is 4.79 Å². The number of halogens is 1. The Morgan fingerprint density at radius 3 is 2.50 bits per heavy atom. The number of methoxy groups -OCH3 is 1. The zero-order valence-corrected chi connectivity index (χ0v) is 11.2. The lowest BCUT2D eigenvalue weighted by atomic mass is 10.1.